The van der Waals surface area contributed by atoms with Gasteiger partial charge >= 0.3 is 0 Å². The van der Waals surface area contributed by atoms with Crippen molar-refractivity contribution in [2.75, 3.05) is 0 Å². The summed E-state index contributed by atoms with van der Waals surface area (Å²) in [4.78, 5) is 28.3. The molecule has 170 valence electrons. The number of thioether (sulfide) groups is 1. The van der Waals surface area contributed by atoms with Crippen LogP contribution in [0.25, 0.3) is 11.4 Å². The van der Waals surface area contributed by atoms with Crippen LogP contribution >= 0.6 is 23.4 Å². The molecule has 4 aromatic rings. The Kier molecular flexibility index (Phi) is 6.58. The molecular formula is C24H23ClN4O3S. The van der Waals surface area contributed by atoms with Gasteiger partial charge in [-0.05, 0) is 69.7 Å². The number of carbonyl (C=O) groups excluding carboxylic acids is 2. The zero-order chi connectivity index (χ0) is 23.7. The van der Waals surface area contributed by atoms with Crippen LogP contribution in [0.15, 0.2) is 52.2 Å². The first kappa shape index (κ1) is 23.1. The Balaban J connectivity index is 1.66. The van der Waals surface area contributed by atoms with Gasteiger partial charge < -0.3 is 9.40 Å². The number of benzene rings is 1. The minimum absolute atomic E-state index is 0.0635. The number of nitrogens with one attached hydrogen (secondary N) is 1. The molecule has 4 rings (SSSR count). The maximum Gasteiger partial charge on any atom is 0.192 e. The topological polar surface area (TPSA) is 93.8 Å². The summed E-state index contributed by atoms with van der Waals surface area (Å²) >= 11 is 7.36. The van der Waals surface area contributed by atoms with Crippen LogP contribution in [0.1, 0.15) is 51.7 Å². The second-order valence-corrected chi connectivity index (χ2v) is 9.53. The zero-order valence-electron chi connectivity index (χ0n) is 18.7. The quantitative estimate of drug-likeness (QED) is 0.254. The molecule has 0 fully saturated rings. The van der Waals surface area contributed by atoms with Crippen LogP contribution in [-0.2, 0) is 6.54 Å². The number of aromatic nitrogens is 4. The number of halogens is 1. The Hall–Kier alpha value is -3.10. The minimum Gasteiger partial charge on any atom is -0.467 e. The van der Waals surface area contributed by atoms with E-state index in [4.69, 9.17) is 16.0 Å². The fourth-order valence-electron chi connectivity index (χ4n) is 3.83. The number of hydrogen-bond donors (Lipinski definition) is 1. The molecule has 3 aromatic heterocycles. The molecule has 0 aliphatic carbocycles. The fraction of sp³-hybridized carbons (Fsp3) is 0.250. The van der Waals surface area contributed by atoms with Gasteiger partial charge in [-0.3, -0.25) is 14.2 Å². The van der Waals surface area contributed by atoms with Crippen molar-refractivity contribution in [1.29, 1.82) is 0 Å². The van der Waals surface area contributed by atoms with Gasteiger partial charge in [-0.25, -0.2) is 0 Å². The van der Waals surface area contributed by atoms with E-state index < -0.39 is 5.25 Å². The molecule has 0 spiro atoms. The predicted molar refractivity (Wildman–Crippen MR) is 128 cm³/mol. The Labute approximate surface area is 200 Å². The molecule has 9 heteroatoms. The molecule has 0 radical (unpaired) electrons. The summed E-state index contributed by atoms with van der Waals surface area (Å²) < 4.78 is 7.46. The third kappa shape index (κ3) is 4.67. The summed E-state index contributed by atoms with van der Waals surface area (Å²) in [5.41, 5.74) is 3.25. The van der Waals surface area contributed by atoms with Crippen LogP contribution in [0, 0.1) is 13.8 Å². The molecule has 1 aromatic carbocycles. The van der Waals surface area contributed by atoms with Gasteiger partial charge in [-0.2, -0.15) is 0 Å². The van der Waals surface area contributed by atoms with Crippen molar-refractivity contribution >= 4 is 34.9 Å². The molecular weight excluding hydrogens is 460 g/mol. The average Bonchev–Trinajstić information content (AvgIpc) is 3.49. The third-order valence-corrected chi connectivity index (χ3v) is 6.73. The highest BCUT2D eigenvalue weighted by Crippen LogP contribution is 2.31. The molecule has 7 nitrogen and oxygen atoms in total. The lowest BCUT2D eigenvalue weighted by atomic mass is 10.0. The predicted octanol–water partition coefficient (Wildman–Crippen LogP) is 5.75. The Bertz CT molecular complexity index is 1310. The molecule has 1 unspecified atom stereocenters. The third-order valence-electron chi connectivity index (χ3n) is 5.40. The number of nitrogens with zero attached hydrogens (tertiary/aromatic N) is 3. The summed E-state index contributed by atoms with van der Waals surface area (Å²) in [5.74, 6) is 1.23. The van der Waals surface area contributed by atoms with Gasteiger partial charge in [-0.15, -0.1) is 10.2 Å². The van der Waals surface area contributed by atoms with E-state index in [2.05, 4.69) is 15.2 Å². The first-order valence-corrected chi connectivity index (χ1v) is 11.6. The summed E-state index contributed by atoms with van der Waals surface area (Å²) in [6.07, 6.45) is 1.61. The summed E-state index contributed by atoms with van der Waals surface area (Å²) in [7, 11) is 0. The van der Waals surface area contributed by atoms with Crippen LogP contribution in [0.4, 0.5) is 0 Å². The highest BCUT2D eigenvalue weighted by atomic mass is 35.5. The Morgan fingerprint density at radius 3 is 2.52 bits per heavy atom. The van der Waals surface area contributed by atoms with Crippen LogP contribution < -0.4 is 0 Å². The van der Waals surface area contributed by atoms with Gasteiger partial charge in [0.15, 0.2) is 22.5 Å². The van der Waals surface area contributed by atoms with E-state index in [9.17, 15) is 9.59 Å². The van der Waals surface area contributed by atoms with Crippen molar-refractivity contribution in [3.05, 3.63) is 76.0 Å². The second-order valence-electron chi connectivity index (χ2n) is 7.78. The number of furan rings is 1. The van der Waals surface area contributed by atoms with Gasteiger partial charge in [0.05, 0.1) is 23.8 Å². The number of H-pyrrole nitrogens is 1. The monoisotopic (exact) mass is 482 g/mol. The molecule has 0 saturated carbocycles. The van der Waals surface area contributed by atoms with Gasteiger partial charge in [-0.1, -0.05) is 23.4 Å². The van der Waals surface area contributed by atoms with Gasteiger partial charge in [0.2, 0.25) is 0 Å². The largest absolute Gasteiger partial charge is 0.467 e. The van der Waals surface area contributed by atoms with Crippen LogP contribution in [0.2, 0.25) is 5.02 Å². The normalized spacial score (nSPS) is 12.2. The highest BCUT2D eigenvalue weighted by Gasteiger charge is 2.26. The Morgan fingerprint density at radius 1 is 1.18 bits per heavy atom. The van der Waals surface area contributed by atoms with Gasteiger partial charge in [0, 0.05) is 21.8 Å². The number of hydrogen-bond acceptors (Lipinski definition) is 6. The number of carbonyl (C=O) groups is 2. The van der Waals surface area contributed by atoms with Crippen molar-refractivity contribution in [3.63, 3.8) is 0 Å². The number of ketones is 2. The van der Waals surface area contributed by atoms with Gasteiger partial charge in [0.1, 0.15) is 5.76 Å². The first-order chi connectivity index (χ1) is 15.8. The maximum atomic E-state index is 13.2. The van der Waals surface area contributed by atoms with E-state index in [0.717, 1.165) is 11.3 Å². The first-order valence-electron chi connectivity index (χ1n) is 10.4. The molecule has 0 aliphatic rings. The summed E-state index contributed by atoms with van der Waals surface area (Å²) in [6, 6.07) is 11.0. The van der Waals surface area contributed by atoms with Gasteiger partial charge in [0.25, 0.3) is 0 Å². The van der Waals surface area contributed by atoms with E-state index in [0.29, 0.717) is 45.1 Å². The minimum atomic E-state index is -0.459. The second kappa shape index (κ2) is 9.41. The van der Waals surface area contributed by atoms with E-state index >= 15 is 0 Å². The zero-order valence-corrected chi connectivity index (χ0v) is 20.3. The lowest BCUT2D eigenvalue weighted by molar-refractivity contribution is 0.0988. The molecule has 0 amide bonds. The Morgan fingerprint density at radius 2 is 1.91 bits per heavy atom. The summed E-state index contributed by atoms with van der Waals surface area (Å²) in [6.45, 7) is 7.34. The molecule has 0 bridgehead atoms. The lowest BCUT2D eigenvalue weighted by Crippen LogP contribution is -2.16. The number of Topliss-reactive ketones (excluding diaryl/α,β-unsaturated/α-hetero) is 2. The van der Waals surface area contributed by atoms with E-state index in [1.807, 2.05) is 35.8 Å². The smallest absolute Gasteiger partial charge is 0.192 e. The number of aromatic amines is 1. The van der Waals surface area contributed by atoms with Crippen molar-refractivity contribution in [3.8, 4) is 11.4 Å². The molecule has 33 heavy (non-hydrogen) atoms. The van der Waals surface area contributed by atoms with Crippen molar-refractivity contribution in [2.45, 2.75) is 44.6 Å². The van der Waals surface area contributed by atoms with Crippen LogP contribution in [-0.4, -0.2) is 36.6 Å². The highest BCUT2D eigenvalue weighted by molar-refractivity contribution is 8.00. The molecule has 1 atom stereocenters. The fourth-order valence-corrected chi connectivity index (χ4v) is 4.86. The van der Waals surface area contributed by atoms with Crippen molar-refractivity contribution < 1.29 is 14.0 Å². The molecule has 3 heterocycles. The van der Waals surface area contributed by atoms with Crippen LogP contribution in [0.5, 0.6) is 0 Å². The van der Waals surface area contributed by atoms with Crippen molar-refractivity contribution in [2.24, 2.45) is 0 Å². The lowest BCUT2D eigenvalue weighted by Gasteiger charge is -2.12. The van der Waals surface area contributed by atoms with E-state index in [1.165, 1.54) is 18.7 Å². The standard InChI is InChI=1S/C24H23ClN4O3S/c1-13-20(15(3)30)14(2)26-21(13)22(31)16(4)33-24-28-27-23(17-7-9-18(25)10-8-17)29(24)12-19-6-5-11-32-19/h5-11,16,26H,12H2,1-4H3. The number of rotatable bonds is 8. The maximum absolute atomic E-state index is 13.2. The van der Waals surface area contributed by atoms with Crippen molar-refractivity contribution in [1.82, 2.24) is 19.7 Å². The molecule has 0 aliphatic heterocycles. The summed E-state index contributed by atoms with van der Waals surface area (Å²) in [5, 5.41) is 9.51. The SMILES string of the molecule is CC(=O)c1c(C)[nH]c(C(=O)C(C)Sc2nnc(-c3ccc(Cl)cc3)n2Cc2ccco2)c1C. The van der Waals surface area contributed by atoms with E-state index in [1.54, 1.807) is 32.2 Å². The average molecular weight is 483 g/mol. The van der Waals surface area contributed by atoms with E-state index in [-0.39, 0.29) is 11.6 Å². The molecule has 1 N–H and O–H groups in total. The van der Waals surface area contributed by atoms with Crippen LogP contribution in [0.3, 0.4) is 0 Å². The molecule has 0 saturated heterocycles. The number of aryl methyl sites for hydroxylation is 1.